The number of ether oxygens (including phenoxy) is 2. The summed E-state index contributed by atoms with van der Waals surface area (Å²) < 4.78 is 39.4. The lowest BCUT2D eigenvalue weighted by molar-refractivity contribution is -0.121. The number of benzene rings is 2. The van der Waals surface area contributed by atoms with Crippen LogP contribution in [0.25, 0.3) is 10.9 Å². The van der Waals surface area contributed by atoms with E-state index in [1.54, 1.807) is 30.5 Å². The average Bonchev–Trinajstić information content (AvgIpc) is 3.36. The highest BCUT2D eigenvalue weighted by atomic mass is 32.2. The number of aromatic amines is 1. The van der Waals surface area contributed by atoms with Crippen molar-refractivity contribution >= 4 is 26.8 Å². The van der Waals surface area contributed by atoms with E-state index in [0.29, 0.717) is 40.8 Å². The van der Waals surface area contributed by atoms with Gasteiger partial charge in [-0.3, -0.25) is 4.79 Å². The monoisotopic (exact) mass is 414 g/mol. The van der Waals surface area contributed by atoms with Crippen LogP contribution in [0.3, 0.4) is 0 Å². The van der Waals surface area contributed by atoms with Crippen LogP contribution >= 0.6 is 0 Å². The summed E-state index contributed by atoms with van der Waals surface area (Å²) in [6.45, 7) is 1.87. The number of H-pyrrole nitrogens is 1. The van der Waals surface area contributed by atoms with Crippen molar-refractivity contribution in [1.82, 2.24) is 9.71 Å². The van der Waals surface area contributed by atoms with Crippen LogP contribution in [0.15, 0.2) is 47.5 Å². The zero-order valence-corrected chi connectivity index (χ0v) is 17.2. The van der Waals surface area contributed by atoms with E-state index in [-0.39, 0.29) is 4.90 Å². The molecule has 0 spiro atoms. The van der Waals surface area contributed by atoms with Gasteiger partial charge in [-0.05, 0) is 49.6 Å². The van der Waals surface area contributed by atoms with E-state index in [2.05, 4.69) is 9.71 Å². The van der Waals surface area contributed by atoms with Crippen molar-refractivity contribution in [3.8, 4) is 11.5 Å². The predicted octanol–water partition coefficient (Wildman–Crippen LogP) is 3.03. The Bertz CT molecular complexity index is 1210. The van der Waals surface area contributed by atoms with Crippen LogP contribution < -0.4 is 14.2 Å². The number of methoxy groups -OCH3 is 2. The fourth-order valence-electron chi connectivity index (χ4n) is 3.84. The van der Waals surface area contributed by atoms with Crippen LogP contribution in [0.1, 0.15) is 24.0 Å². The normalized spacial score (nSPS) is 15.1. The van der Waals surface area contributed by atoms with Crippen LogP contribution in [0.2, 0.25) is 0 Å². The van der Waals surface area contributed by atoms with Gasteiger partial charge in [-0.2, -0.15) is 0 Å². The van der Waals surface area contributed by atoms with E-state index in [1.807, 2.05) is 13.0 Å². The molecule has 1 amide bonds. The number of carbonyl (C=O) groups excluding carboxylic acids is 1. The van der Waals surface area contributed by atoms with E-state index in [1.165, 1.54) is 20.3 Å². The highest BCUT2D eigenvalue weighted by molar-refractivity contribution is 7.90. The van der Waals surface area contributed by atoms with Crippen molar-refractivity contribution in [2.24, 2.45) is 0 Å². The zero-order valence-electron chi connectivity index (χ0n) is 16.4. The van der Waals surface area contributed by atoms with Crippen molar-refractivity contribution < 1.29 is 22.7 Å². The summed E-state index contributed by atoms with van der Waals surface area (Å²) >= 11 is 0. The molecule has 2 aromatic carbocycles. The standard InChI is InChI=1S/C21H22N2O5S/c1-13-7-8-16(27-2)18(19(13)28-3)21(10-11-21)20(24)23-29(25,26)17-6-4-5-15-14(17)9-12-22-15/h4-9,12,22H,10-11H2,1-3H3,(H,23,24). The summed E-state index contributed by atoms with van der Waals surface area (Å²) in [6, 6.07) is 10.2. The number of carbonyl (C=O) groups is 1. The SMILES string of the molecule is COc1ccc(C)c(OC)c1C1(C(=O)NS(=O)(=O)c2cccc3[nH]ccc23)CC1. The van der Waals surface area contributed by atoms with Gasteiger partial charge >= 0.3 is 0 Å². The first kappa shape index (κ1) is 19.3. The lowest BCUT2D eigenvalue weighted by Crippen LogP contribution is -2.39. The number of hydrogen-bond acceptors (Lipinski definition) is 5. The third-order valence-electron chi connectivity index (χ3n) is 5.48. The van der Waals surface area contributed by atoms with Gasteiger partial charge in [0.25, 0.3) is 10.0 Å². The minimum Gasteiger partial charge on any atom is -0.496 e. The van der Waals surface area contributed by atoms with Crippen LogP contribution in [0.4, 0.5) is 0 Å². The Balaban J connectivity index is 1.74. The summed E-state index contributed by atoms with van der Waals surface area (Å²) in [5.41, 5.74) is 1.13. The topological polar surface area (TPSA) is 97.5 Å². The molecule has 1 heterocycles. The van der Waals surface area contributed by atoms with E-state index in [9.17, 15) is 13.2 Å². The molecule has 0 aliphatic heterocycles. The van der Waals surface area contributed by atoms with Crippen molar-refractivity contribution in [2.45, 2.75) is 30.1 Å². The summed E-state index contributed by atoms with van der Waals surface area (Å²) in [4.78, 5) is 16.3. The molecule has 1 saturated carbocycles. The first-order valence-electron chi connectivity index (χ1n) is 9.19. The van der Waals surface area contributed by atoms with Gasteiger partial charge in [-0.1, -0.05) is 12.1 Å². The van der Waals surface area contributed by atoms with Gasteiger partial charge in [0, 0.05) is 17.1 Å². The second-order valence-electron chi connectivity index (χ2n) is 7.20. The van der Waals surface area contributed by atoms with Gasteiger partial charge < -0.3 is 14.5 Å². The molecule has 0 unspecified atom stereocenters. The smallest absolute Gasteiger partial charge is 0.264 e. The largest absolute Gasteiger partial charge is 0.496 e. The molecular formula is C21H22N2O5S. The minimum absolute atomic E-state index is 0.0589. The molecule has 1 fully saturated rings. The summed E-state index contributed by atoms with van der Waals surface area (Å²) in [5.74, 6) is 0.472. The highest BCUT2D eigenvalue weighted by Gasteiger charge is 2.56. The van der Waals surface area contributed by atoms with Crippen LogP contribution in [0.5, 0.6) is 11.5 Å². The molecule has 2 N–H and O–H groups in total. The Morgan fingerprint density at radius 2 is 1.86 bits per heavy atom. The predicted molar refractivity (Wildman–Crippen MR) is 109 cm³/mol. The minimum atomic E-state index is -4.06. The van der Waals surface area contributed by atoms with Crippen molar-refractivity contribution in [1.29, 1.82) is 0 Å². The Morgan fingerprint density at radius 1 is 1.10 bits per heavy atom. The molecule has 7 nitrogen and oxygen atoms in total. The van der Waals surface area contributed by atoms with E-state index < -0.39 is 21.3 Å². The van der Waals surface area contributed by atoms with E-state index in [4.69, 9.17) is 9.47 Å². The summed E-state index contributed by atoms with van der Waals surface area (Å²) in [6.07, 6.45) is 2.69. The maximum atomic E-state index is 13.2. The van der Waals surface area contributed by atoms with Crippen molar-refractivity contribution in [3.05, 3.63) is 53.7 Å². The van der Waals surface area contributed by atoms with Crippen LogP contribution in [-0.4, -0.2) is 33.5 Å². The number of amides is 1. The molecule has 1 aliphatic rings. The Morgan fingerprint density at radius 3 is 2.52 bits per heavy atom. The molecule has 0 bridgehead atoms. The molecule has 1 aliphatic carbocycles. The van der Waals surface area contributed by atoms with Gasteiger partial charge in [-0.25, -0.2) is 13.1 Å². The van der Waals surface area contributed by atoms with Gasteiger partial charge in [0.2, 0.25) is 5.91 Å². The Hall–Kier alpha value is -3.00. The van der Waals surface area contributed by atoms with Crippen molar-refractivity contribution in [2.75, 3.05) is 14.2 Å². The summed E-state index contributed by atoms with van der Waals surface area (Å²) in [7, 11) is -1.01. The number of sulfonamides is 1. The molecular weight excluding hydrogens is 392 g/mol. The summed E-state index contributed by atoms with van der Waals surface area (Å²) in [5, 5.41) is 0.531. The third kappa shape index (κ3) is 3.04. The Labute approximate surface area is 169 Å². The second kappa shape index (κ2) is 6.81. The molecule has 1 aromatic heterocycles. The van der Waals surface area contributed by atoms with E-state index in [0.717, 1.165) is 5.56 Å². The molecule has 0 atom stereocenters. The molecule has 0 radical (unpaired) electrons. The fourth-order valence-corrected chi connectivity index (χ4v) is 5.11. The number of aryl methyl sites for hydroxylation is 1. The number of rotatable bonds is 6. The van der Waals surface area contributed by atoms with Gasteiger partial charge in [-0.15, -0.1) is 0 Å². The van der Waals surface area contributed by atoms with Gasteiger partial charge in [0.15, 0.2) is 0 Å². The Kier molecular flexibility index (Phi) is 4.53. The maximum absolute atomic E-state index is 13.2. The molecule has 3 aromatic rings. The lowest BCUT2D eigenvalue weighted by atomic mass is 9.91. The fraction of sp³-hybridized carbons (Fsp3) is 0.286. The van der Waals surface area contributed by atoms with Crippen LogP contribution in [-0.2, 0) is 20.2 Å². The molecule has 0 saturated heterocycles. The van der Waals surface area contributed by atoms with Gasteiger partial charge in [0.05, 0.1) is 30.1 Å². The molecule has 152 valence electrons. The number of aromatic nitrogens is 1. The first-order chi connectivity index (χ1) is 13.8. The first-order valence-corrected chi connectivity index (χ1v) is 10.7. The van der Waals surface area contributed by atoms with Crippen LogP contribution in [0, 0.1) is 6.92 Å². The number of nitrogens with one attached hydrogen (secondary N) is 2. The van der Waals surface area contributed by atoms with E-state index >= 15 is 0 Å². The average molecular weight is 414 g/mol. The van der Waals surface area contributed by atoms with Crippen molar-refractivity contribution in [3.63, 3.8) is 0 Å². The lowest BCUT2D eigenvalue weighted by Gasteiger charge is -2.22. The third-order valence-corrected chi connectivity index (χ3v) is 6.86. The number of hydrogen-bond donors (Lipinski definition) is 2. The quantitative estimate of drug-likeness (QED) is 0.646. The maximum Gasteiger partial charge on any atom is 0.264 e. The zero-order chi connectivity index (χ0) is 20.8. The second-order valence-corrected chi connectivity index (χ2v) is 8.86. The number of fused-ring (bicyclic) bond motifs is 1. The van der Waals surface area contributed by atoms with Gasteiger partial charge in [0.1, 0.15) is 11.5 Å². The molecule has 8 heteroatoms. The molecule has 29 heavy (non-hydrogen) atoms. The highest BCUT2D eigenvalue weighted by Crippen LogP contribution is 2.55. The molecule has 4 rings (SSSR count).